The first-order chi connectivity index (χ1) is 18.5. The molecule has 1 saturated heterocycles. The number of phenols is 1. The molecule has 39 heavy (non-hydrogen) atoms. The van der Waals surface area contributed by atoms with Crippen LogP contribution in [0, 0.1) is 0 Å². The third-order valence-corrected chi connectivity index (χ3v) is 5.72. The smallest absolute Gasteiger partial charge is 0.335 e. The van der Waals surface area contributed by atoms with Crippen LogP contribution in [0.3, 0.4) is 0 Å². The number of ketones is 2. The summed E-state index contributed by atoms with van der Waals surface area (Å²) < 4.78 is 20.9. The van der Waals surface area contributed by atoms with Gasteiger partial charge in [-0.3, -0.25) is 9.59 Å². The maximum absolute atomic E-state index is 12.3. The molecule has 3 rings (SSSR count). The van der Waals surface area contributed by atoms with Crippen molar-refractivity contribution in [2.24, 2.45) is 0 Å². The molecule has 208 valence electrons. The van der Waals surface area contributed by atoms with E-state index in [1.54, 1.807) is 12.1 Å². The summed E-state index contributed by atoms with van der Waals surface area (Å²) in [5.41, 5.74) is 1.10. The molecule has 0 bridgehead atoms. The number of carboxylic acids is 1. The van der Waals surface area contributed by atoms with Crippen LogP contribution in [-0.2, 0) is 19.1 Å². The first-order valence-electron chi connectivity index (χ1n) is 11.6. The van der Waals surface area contributed by atoms with Gasteiger partial charge in [-0.15, -0.1) is 0 Å². The quantitative estimate of drug-likeness (QED) is 0.199. The second kappa shape index (κ2) is 13.0. The van der Waals surface area contributed by atoms with E-state index in [1.165, 1.54) is 62.8 Å². The van der Waals surface area contributed by atoms with Crippen molar-refractivity contribution < 1.29 is 58.9 Å². The third kappa shape index (κ3) is 7.42. The van der Waals surface area contributed by atoms with Crippen molar-refractivity contribution in [1.29, 1.82) is 0 Å². The van der Waals surface area contributed by atoms with Gasteiger partial charge in [0, 0.05) is 0 Å². The Morgan fingerprint density at radius 2 is 1.38 bits per heavy atom. The van der Waals surface area contributed by atoms with Crippen LogP contribution in [0.25, 0.3) is 12.2 Å². The van der Waals surface area contributed by atoms with Crippen molar-refractivity contribution >= 4 is 29.7 Å². The van der Waals surface area contributed by atoms with Gasteiger partial charge in [-0.1, -0.05) is 24.3 Å². The van der Waals surface area contributed by atoms with Gasteiger partial charge in [-0.25, -0.2) is 4.79 Å². The van der Waals surface area contributed by atoms with Crippen molar-refractivity contribution in [3.63, 3.8) is 0 Å². The number of aromatic hydroxyl groups is 1. The van der Waals surface area contributed by atoms with Crippen LogP contribution < -0.4 is 14.2 Å². The first kappa shape index (κ1) is 29.3. The molecule has 2 aromatic rings. The number of aliphatic hydroxyl groups is 3. The lowest BCUT2D eigenvalue weighted by molar-refractivity contribution is -0.271. The summed E-state index contributed by atoms with van der Waals surface area (Å²) in [6.07, 6.45) is -3.85. The van der Waals surface area contributed by atoms with Gasteiger partial charge in [-0.05, 0) is 47.5 Å². The Balaban J connectivity index is 1.63. The van der Waals surface area contributed by atoms with Crippen molar-refractivity contribution in [2.45, 2.75) is 37.1 Å². The minimum absolute atomic E-state index is 0.0314. The van der Waals surface area contributed by atoms with Crippen molar-refractivity contribution in [3.05, 3.63) is 59.7 Å². The summed E-state index contributed by atoms with van der Waals surface area (Å²) in [5.74, 6) is -2.07. The highest BCUT2D eigenvalue weighted by molar-refractivity contribution is 6.10. The van der Waals surface area contributed by atoms with E-state index in [-0.39, 0.29) is 29.4 Å². The van der Waals surface area contributed by atoms with Crippen LogP contribution in [0.2, 0.25) is 0 Å². The summed E-state index contributed by atoms with van der Waals surface area (Å²) >= 11 is 0. The summed E-state index contributed by atoms with van der Waals surface area (Å²) in [4.78, 5) is 35.7. The van der Waals surface area contributed by atoms with Crippen LogP contribution in [0.5, 0.6) is 23.0 Å². The van der Waals surface area contributed by atoms with E-state index in [1.807, 2.05) is 0 Å². The maximum atomic E-state index is 12.3. The van der Waals surface area contributed by atoms with Crippen LogP contribution in [-0.4, -0.2) is 88.0 Å². The highest BCUT2D eigenvalue weighted by Crippen LogP contribution is 2.32. The number of benzene rings is 2. The lowest BCUT2D eigenvalue weighted by Gasteiger charge is -2.38. The molecule has 0 unspecified atom stereocenters. The molecule has 0 saturated carbocycles. The summed E-state index contributed by atoms with van der Waals surface area (Å²) in [7, 11) is 2.73. The molecule has 5 N–H and O–H groups in total. The number of carbonyl (C=O) groups excluding carboxylic acids is 2. The first-order valence-corrected chi connectivity index (χ1v) is 11.6. The molecule has 2 aromatic carbocycles. The average Bonchev–Trinajstić information content (AvgIpc) is 2.91. The zero-order chi connectivity index (χ0) is 28.7. The number of rotatable bonds is 11. The van der Waals surface area contributed by atoms with Crippen molar-refractivity contribution in [1.82, 2.24) is 0 Å². The van der Waals surface area contributed by atoms with E-state index in [0.29, 0.717) is 11.1 Å². The normalized spacial score (nSPS) is 23.1. The Bertz CT molecular complexity index is 1270. The molecule has 12 nitrogen and oxygen atoms in total. The number of hydrogen-bond acceptors (Lipinski definition) is 11. The topological polar surface area (TPSA) is 189 Å². The van der Waals surface area contributed by atoms with Gasteiger partial charge >= 0.3 is 5.97 Å². The monoisotopic (exact) mass is 544 g/mol. The number of aliphatic carboxylic acids is 1. The average molecular weight is 545 g/mol. The molecular weight excluding hydrogens is 516 g/mol. The molecule has 1 heterocycles. The minimum atomic E-state index is -1.86. The Morgan fingerprint density at radius 3 is 1.95 bits per heavy atom. The summed E-state index contributed by atoms with van der Waals surface area (Å²) in [6.45, 7) is 0. The van der Waals surface area contributed by atoms with E-state index in [9.17, 15) is 39.9 Å². The number of hydrogen-bond donors (Lipinski definition) is 5. The number of methoxy groups -OCH3 is 2. The Morgan fingerprint density at radius 1 is 0.821 bits per heavy atom. The fourth-order valence-electron chi connectivity index (χ4n) is 3.63. The van der Waals surface area contributed by atoms with Crippen LogP contribution in [0.15, 0.2) is 48.6 Å². The lowest BCUT2D eigenvalue weighted by Crippen LogP contribution is -2.61. The predicted molar refractivity (Wildman–Crippen MR) is 135 cm³/mol. The van der Waals surface area contributed by atoms with Crippen LogP contribution in [0.4, 0.5) is 0 Å². The van der Waals surface area contributed by atoms with Gasteiger partial charge in [0.1, 0.15) is 18.3 Å². The Kier molecular flexibility index (Phi) is 9.79. The number of phenolic OH excluding ortho intramolecular Hbond substituents is 1. The number of aliphatic hydroxyl groups excluding tert-OH is 3. The van der Waals surface area contributed by atoms with Crippen LogP contribution >= 0.6 is 0 Å². The number of ether oxygens (including phenoxy) is 4. The van der Waals surface area contributed by atoms with Crippen molar-refractivity contribution in [2.75, 3.05) is 14.2 Å². The maximum Gasteiger partial charge on any atom is 0.335 e. The molecule has 0 amide bonds. The van der Waals surface area contributed by atoms with E-state index >= 15 is 0 Å². The van der Waals surface area contributed by atoms with E-state index < -0.39 is 48.2 Å². The zero-order valence-corrected chi connectivity index (χ0v) is 21.0. The van der Waals surface area contributed by atoms with Gasteiger partial charge in [0.05, 0.1) is 20.6 Å². The fraction of sp³-hybridized carbons (Fsp3) is 0.296. The third-order valence-electron chi connectivity index (χ3n) is 5.72. The van der Waals surface area contributed by atoms with Gasteiger partial charge in [0.25, 0.3) is 0 Å². The van der Waals surface area contributed by atoms with Crippen molar-refractivity contribution in [3.8, 4) is 23.0 Å². The fourth-order valence-corrected chi connectivity index (χ4v) is 3.63. The van der Waals surface area contributed by atoms with Gasteiger partial charge < -0.3 is 44.5 Å². The zero-order valence-electron chi connectivity index (χ0n) is 21.0. The van der Waals surface area contributed by atoms with Gasteiger partial charge in [0.2, 0.25) is 6.29 Å². The largest absolute Gasteiger partial charge is 0.504 e. The Hall–Kier alpha value is -4.23. The second-order valence-corrected chi connectivity index (χ2v) is 8.47. The SMILES string of the molecule is COc1cc(/C=C/C(=O)CC(=O)/C=C/c2ccc(O[C@@H]3O[C@H](C(=O)O)[C@@H](O)[C@H](O)[C@H]3O)c(OC)c2)ccc1O. The molecule has 0 aliphatic carbocycles. The Labute approximate surface area is 222 Å². The molecule has 5 atom stereocenters. The summed E-state index contributed by atoms with van der Waals surface area (Å²) in [6, 6.07) is 8.96. The highest BCUT2D eigenvalue weighted by atomic mass is 16.7. The summed E-state index contributed by atoms with van der Waals surface area (Å²) in [5, 5.41) is 48.7. The number of carboxylic acid groups (broad SMARTS) is 1. The van der Waals surface area contributed by atoms with Crippen LogP contribution in [0.1, 0.15) is 17.5 Å². The highest BCUT2D eigenvalue weighted by Gasteiger charge is 2.48. The van der Waals surface area contributed by atoms with E-state index in [4.69, 9.17) is 18.9 Å². The van der Waals surface area contributed by atoms with Gasteiger partial charge in [-0.2, -0.15) is 0 Å². The molecule has 0 aromatic heterocycles. The number of carbonyl (C=O) groups is 3. The molecular formula is C27H28O12. The standard InChI is InChI=1S/C27H28O12/c1-36-20-11-14(5-9-18(20)30)3-7-16(28)13-17(29)8-4-15-6-10-19(21(12-15)37-2)38-27-24(33)22(31)23(32)25(39-27)26(34)35/h3-12,22-25,27,30-33H,13H2,1-2H3,(H,34,35)/b7-3+,8-4+/t22-,23-,24+,25-,27+/m0/s1. The molecule has 1 aliphatic rings. The molecule has 12 heteroatoms. The number of allylic oxidation sites excluding steroid dienone is 2. The minimum Gasteiger partial charge on any atom is -0.504 e. The van der Waals surface area contributed by atoms with E-state index in [0.717, 1.165) is 0 Å². The lowest BCUT2D eigenvalue weighted by atomic mass is 9.99. The second-order valence-electron chi connectivity index (χ2n) is 8.47. The predicted octanol–water partition coefficient (Wildman–Crippen LogP) is 0.935. The van der Waals surface area contributed by atoms with Gasteiger partial charge in [0.15, 0.2) is 40.7 Å². The molecule has 1 fully saturated rings. The molecule has 0 radical (unpaired) electrons. The molecule has 1 aliphatic heterocycles. The van der Waals surface area contributed by atoms with E-state index in [2.05, 4.69) is 0 Å². The molecule has 0 spiro atoms.